The van der Waals surface area contributed by atoms with Crippen LogP contribution in [-0.2, 0) is 6.42 Å². The van der Waals surface area contributed by atoms with Crippen LogP contribution in [-0.4, -0.2) is 11.5 Å². The zero-order valence-electron chi connectivity index (χ0n) is 12.3. The van der Waals surface area contributed by atoms with Crippen LogP contribution in [0, 0.1) is 13.8 Å². The Morgan fingerprint density at radius 2 is 1.90 bits per heavy atom. The van der Waals surface area contributed by atoms with E-state index in [1.165, 1.54) is 5.56 Å². The molecule has 0 aliphatic carbocycles. The molecule has 1 aromatic carbocycles. The minimum Gasteiger partial charge on any atom is -0.310 e. The molecule has 2 aromatic rings. The number of likely N-dealkylation sites (N-methyl/N-ethyl adjacent to an activating group) is 1. The Hall–Kier alpha value is -1.38. The van der Waals surface area contributed by atoms with E-state index in [1.54, 1.807) is 0 Å². The van der Waals surface area contributed by atoms with E-state index in [9.17, 15) is 0 Å². The Kier molecular flexibility index (Phi) is 5.16. The van der Waals surface area contributed by atoms with Crippen molar-refractivity contribution in [2.75, 3.05) is 6.54 Å². The highest BCUT2D eigenvalue weighted by Crippen LogP contribution is 2.28. The largest absolute Gasteiger partial charge is 0.310 e. The molecule has 0 saturated carbocycles. The molecule has 0 radical (unpaired) electrons. The number of pyridine rings is 1. The lowest BCUT2D eigenvalue weighted by Crippen LogP contribution is -2.24. The van der Waals surface area contributed by atoms with Crippen LogP contribution in [0.5, 0.6) is 0 Å². The van der Waals surface area contributed by atoms with E-state index in [0.717, 1.165) is 34.8 Å². The van der Waals surface area contributed by atoms with Crippen LogP contribution < -0.4 is 5.32 Å². The summed E-state index contributed by atoms with van der Waals surface area (Å²) in [5, 5.41) is 4.37. The molecule has 0 amide bonds. The summed E-state index contributed by atoms with van der Waals surface area (Å²) in [6.45, 7) is 7.16. The number of rotatable bonds is 5. The summed E-state index contributed by atoms with van der Waals surface area (Å²) in [4.78, 5) is 4.49. The Labute approximate surface area is 126 Å². The topological polar surface area (TPSA) is 24.9 Å². The first-order valence-corrected chi connectivity index (χ1v) is 7.40. The number of aryl methyl sites for hydroxylation is 2. The second-order valence-electron chi connectivity index (χ2n) is 5.06. The maximum atomic E-state index is 6.47. The number of halogens is 1. The number of nitrogens with zero attached hydrogens (tertiary/aromatic N) is 1. The number of nitrogens with one attached hydrogen (secondary N) is 1. The van der Waals surface area contributed by atoms with Crippen LogP contribution in [0.2, 0.25) is 5.02 Å². The highest BCUT2D eigenvalue weighted by molar-refractivity contribution is 6.32. The van der Waals surface area contributed by atoms with E-state index in [2.05, 4.69) is 42.3 Å². The lowest BCUT2D eigenvalue weighted by atomic mass is 9.98. The first kappa shape index (κ1) is 15.0. The van der Waals surface area contributed by atoms with Gasteiger partial charge in [-0.25, -0.2) is 0 Å². The van der Waals surface area contributed by atoms with E-state index in [4.69, 9.17) is 11.6 Å². The van der Waals surface area contributed by atoms with Gasteiger partial charge in [0.1, 0.15) is 0 Å². The molecule has 0 saturated heterocycles. The maximum absolute atomic E-state index is 6.47. The quantitative estimate of drug-likeness (QED) is 0.890. The van der Waals surface area contributed by atoms with Gasteiger partial charge in [0.2, 0.25) is 0 Å². The summed E-state index contributed by atoms with van der Waals surface area (Å²) in [6.07, 6.45) is 2.70. The fourth-order valence-corrected chi connectivity index (χ4v) is 2.66. The third kappa shape index (κ3) is 3.38. The zero-order valence-corrected chi connectivity index (χ0v) is 13.0. The normalized spacial score (nSPS) is 12.4. The number of aromatic nitrogens is 1. The molecule has 0 aliphatic rings. The third-order valence-electron chi connectivity index (χ3n) is 3.56. The molecule has 1 unspecified atom stereocenters. The molecular weight excluding hydrogens is 268 g/mol. The molecule has 1 N–H and O–H groups in total. The van der Waals surface area contributed by atoms with E-state index < -0.39 is 0 Å². The van der Waals surface area contributed by atoms with Gasteiger partial charge in [-0.2, -0.15) is 0 Å². The van der Waals surface area contributed by atoms with Crippen molar-refractivity contribution in [3.8, 4) is 0 Å². The van der Waals surface area contributed by atoms with Gasteiger partial charge in [-0.3, -0.25) is 4.98 Å². The summed E-state index contributed by atoms with van der Waals surface area (Å²) < 4.78 is 0. The SMILES string of the molecule is CCNC(Cc1ncccc1C)c1cccc(C)c1Cl. The summed E-state index contributed by atoms with van der Waals surface area (Å²) in [6, 6.07) is 10.5. The Bertz CT molecular complexity index is 581. The van der Waals surface area contributed by atoms with Crippen LogP contribution in [0.15, 0.2) is 36.5 Å². The smallest absolute Gasteiger partial charge is 0.0483 e. The predicted octanol–water partition coefficient (Wildman–Crippen LogP) is 4.25. The number of benzene rings is 1. The lowest BCUT2D eigenvalue weighted by Gasteiger charge is -2.21. The monoisotopic (exact) mass is 288 g/mol. The molecule has 106 valence electrons. The molecule has 1 atom stereocenters. The average molecular weight is 289 g/mol. The number of hydrogen-bond acceptors (Lipinski definition) is 2. The number of hydrogen-bond donors (Lipinski definition) is 1. The van der Waals surface area contributed by atoms with Crippen molar-refractivity contribution in [2.24, 2.45) is 0 Å². The Balaban J connectivity index is 2.32. The van der Waals surface area contributed by atoms with Crippen molar-refractivity contribution < 1.29 is 0 Å². The van der Waals surface area contributed by atoms with Gasteiger partial charge >= 0.3 is 0 Å². The van der Waals surface area contributed by atoms with Gasteiger partial charge in [-0.1, -0.05) is 42.8 Å². The van der Waals surface area contributed by atoms with Crippen molar-refractivity contribution in [3.63, 3.8) is 0 Å². The fraction of sp³-hybridized carbons (Fsp3) is 0.353. The molecular formula is C17H21ClN2. The Morgan fingerprint density at radius 1 is 1.15 bits per heavy atom. The molecule has 3 heteroatoms. The van der Waals surface area contributed by atoms with Gasteiger partial charge in [0.15, 0.2) is 0 Å². The molecule has 2 rings (SSSR count). The van der Waals surface area contributed by atoms with Crippen LogP contribution in [0.1, 0.15) is 35.3 Å². The van der Waals surface area contributed by atoms with Gasteiger partial charge in [0.05, 0.1) is 0 Å². The molecule has 0 fully saturated rings. The maximum Gasteiger partial charge on any atom is 0.0483 e. The highest BCUT2D eigenvalue weighted by atomic mass is 35.5. The average Bonchev–Trinajstić information content (AvgIpc) is 2.44. The van der Waals surface area contributed by atoms with Crippen molar-refractivity contribution in [1.82, 2.24) is 10.3 Å². The van der Waals surface area contributed by atoms with E-state index in [0.29, 0.717) is 0 Å². The molecule has 0 bridgehead atoms. The van der Waals surface area contributed by atoms with Crippen LogP contribution >= 0.6 is 11.6 Å². The Morgan fingerprint density at radius 3 is 2.60 bits per heavy atom. The molecule has 2 nitrogen and oxygen atoms in total. The molecule has 20 heavy (non-hydrogen) atoms. The molecule has 0 aliphatic heterocycles. The summed E-state index contributed by atoms with van der Waals surface area (Å²) in [5.74, 6) is 0. The molecule has 1 aromatic heterocycles. The summed E-state index contributed by atoms with van der Waals surface area (Å²) >= 11 is 6.47. The van der Waals surface area contributed by atoms with Crippen molar-refractivity contribution >= 4 is 11.6 Å². The molecule has 1 heterocycles. The van der Waals surface area contributed by atoms with Gasteiger partial charge in [0, 0.05) is 29.4 Å². The minimum absolute atomic E-state index is 0.195. The second kappa shape index (κ2) is 6.87. The standard InChI is InChI=1S/C17H21ClN2/c1-4-19-16(11-15-12(2)8-6-10-20-15)14-9-5-7-13(3)17(14)18/h5-10,16,19H,4,11H2,1-3H3. The minimum atomic E-state index is 0.195. The van der Waals surface area contributed by atoms with Crippen molar-refractivity contribution in [3.05, 3.63) is 63.9 Å². The van der Waals surface area contributed by atoms with E-state index in [-0.39, 0.29) is 6.04 Å². The van der Waals surface area contributed by atoms with Crippen LogP contribution in [0.4, 0.5) is 0 Å². The van der Waals surface area contributed by atoms with Crippen LogP contribution in [0.25, 0.3) is 0 Å². The van der Waals surface area contributed by atoms with Gasteiger partial charge in [0.25, 0.3) is 0 Å². The second-order valence-corrected chi connectivity index (χ2v) is 5.44. The third-order valence-corrected chi connectivity index (χ3v) is 4.08. The first-order chi connectivity index (χ1) is 9.63. The van der Waals surface area contributed by atoms with E-state index in [1.807, 2.05) is 25.3 Å². The van der Waals surface area contributed by atoms with Crippen LogP contribution in [0.3, 0.4) is 0 Å². The first-order valence-electron chi connectivity index (χ1n) is 7.02. The van der Waals surface area contributed by atoms with Crippen molar-refractivity contribution in [1.29, 1.82) is 0 Å². The molecule has 0 spiro atoms. The zero-order chi connectivity index (χ0) is 14.5. The lowest BCUT2D eigenvalue weighted by molar-refractivity contribution is 0.542. The summed E-state index contributed by atoms with van der Waals surface area (Å²) in [5.41, 5.74) is 4.61. The van der Waals surface area contributed by atoms with Crippen molar-refractivity contribution in [2.45, 2.75) is 33.2 Å². The van der Waals surface area contributed by atoms with Gasteiger partial charge < -0.3 is 5.32 Å². The summed E-state index contributed by atoms with van der Waals surface area (Å²) in [7, 11) is 0. The highest BCUT2D eigenvalue weighted by Gasteiger charge is 2.16. The predicted molar refractivity (Wildman–Crippen MR) is 85.3 cm³/mol. The fourth-order valence-electron chi connectivity index (χ4n) is 2.40. The van der Waals surface area contributed by atoms with Gasteiger partial charge in [-0.15, -0.1) is 0 Å². The van der Waals surface area contributed by atoms with E-state index >= 15 is 0 Å². The van der Waals surface area contributed by atoms with Gasteiger partial charge in [-0.05, 0) is 43.1 Å².